The van der Waals surface area contributed by atoms with E-state index in [-0.39, 0.29) is 11.3 Å². The molecule has 1 amide bonds. The second-order valence-electron chi connectivity index (χ2n) is 16.2. The fourth-order valence-corrected chi connectivity index (χ4v) is 10.7. The molecule has 9 nitrogen and oxygen atoms in total. The molecule has 2 atom stereocenters. The Morgan fingerprint density at radius 2 is 1.24 bits per heavy atom. The van der Waals surface area contributed by atoms with Crippen LogP contribution in [0, 0.1) is 5.92 Å². The lowest BCUT2D eigenvalue weighted by Crippen LogP contribution is -2.33. The van der Waals surface area contributed by atoms with Crippen LogP contribution in [0.15, 0.2) is 12.1 Å². The van der Waals surface area contributed by atoms with E-state index < -0.39 is 6.23 Å². The van der Waals surface area contributed by atoms with Crippen molar-refractivity contribution in [3.05, 3.63) is 33.0 Å². The third-order valence-electron chi connectivity index (χ3n) is 10.9. The summed E-state index contributed by atoms with van der Waals surface area (Å²) >= 11 is 5.01. The molecule has 4 rings (SSSR count). The Labute approximate surface area is 361 Å². The summed E-state index contributed by atoms with van der Waals surface area (Å²) in [5.74, 6) is 2.15. The Morgan fingerprint density at radius 3 is 1.78 bits per heavy atom. The van der Waals surface area contributed by atoms with Crippen molar-refractivity contribution in [3.63, 3.8) is 0 Å². The third kappa shape index (κ3) is 13.2. The van der Waals surface area contributed by atoms with Crippen LogP contribution < -0.4 is 9.47 Å². The number of aliphatic hydroxyl groups is 1. The van der Waals surface area contributed by atoms with Gasteiger partial charge in [-0.3, -0.25) is 4.79 Å². The van der Waals surface area contributed by atoms with Crippen molar-refractivity contribution in [2.75, 3.05) is 72.6 Å². The fraction of sp³-hybridized carbons (Fsp3) is 0.717. The summed E-state index contributed by atoms with van der Waals surface area (Å²) in [4.78, 5) is 22.3. The van der Waals surface area contributed by atoms with E-state index in [4.69, 9.17) is 28.4 Å². The number of carbonyl (C=O) groups excluding carboxylic acids is 1. The molecule has 0 aromatic carbocycles. The Kier molecular flexibility index (Phi) is 21.0. The van der Waals surface area contributed by atoms with Gasteiger partial charge in [0.2, 0.25) is 0 Å². The van der Waals surface area contributed by atoms with E-state index in [1.807, 2.05) is 0 Å². The van der Waals surface area contributed by atoms with Crippen LogP contribution in [0.1, 0.15) is 158 Å². The van der Waals surface area contributed by atoms with Gasteiger partial charge in [0.15, 0.2) is 6.23 Å². The molecule has 1 aliphatic heterocycles. The first-order chi connectivity index (χ1) is 28.0. The van der Waals surface area contributed by atoms with Crippen LogP contribution in [0.2, 0.25) is 0 Å². The largest absolute Gasteiger partial charge is 0.490 e. The molecule has 0 radical (unpaired) electrons. The Hall–Kier alpha value is -2.03. The number of fused-ring (bicyclic) bond motifs is 1. The molecule has 58 heavy (non-hydrogen) atoms. The highest BCUT2D eigenvalue weighted by atomic mass is 32.1. The fourth-order valence-electron chi connectivity index (χ4n) is 6.76. The minimum Gasteiger partial charge on any atom is -0.490 e. The van der Waals surface area contributed by atoms with E-state index in [9.17, 15) is 9.90 Å². The van der Waals surface area contributed by atoms with Gasteiger partial charge in [-0.2, -0.15) is 0 Å². The maximum absolute atomic E-state index is 14.4. The lowest BCUT2D eigenvalue weighted by Gasteiger charge is -2.27. The summed E-state index contributed by atoms with van der Waals surface area (Å²) in [5, 5.41) is 12.1. The van der Waals surface area contributed by atoms with Crippen LogP contribution in [0.4, 0.5) is 0 Å². The predicted molar refractivity (Wildman–Crippen MR) is 242 cm³/mol. The summed E-state index contributed by atoms with van der Waals surface area (Å²) < 4.78 is 36.1. The number of aliphatic hydroxyl groups excluding tert-OH is 1. The smallest absolute Gasteiger partial charge is 0.257 e. The van der Waals surface area contributed by atoms with Crippen molar-refractivity contribution in [2.45, 2.75) is 138 Å². The van der Waals surface area contributed by atoms with E-state index in [2.05, 4.69) is 74.4 Å². The maximum atomic E-state index is 14.4. The van der Waals surface area contributed by atoms with Gasteiger partial charge in [-0.15, -0.1) is 34.0 Å². The second kappa shape index (κ2) is 25.0. The highest BCUT2D eigenvalue weighted by molar-refractivity contribution is 7.27. The van der Waals surface area contributed by atoms with E-state index >= 15 is 0 Å². The molecule has 0 fully saturated rings. The summed E-state index contributed by atoms with van der Waals surface area (Å²) in [7, 11) is 0. The minimum absolute atomic E-state index is 0.0502. The number of carbonyl (C=O) groups is 1. The first-order valence-corrected chi connectivity index (χ1v) is 24.5. The average molecular weight is 864 g/mol. The summed E-state index contributed by atoms with van der Waals surface area (Å²) in [5.41, 5.74) is 1.19. The van der Waals surface area contributed by atoms with Gasteiger partial charge in [-0.05, 0) is 49.0 Å². The van der Waals surface area contributed by atoms with Crippen LogP contribution in [0.3, 0.4) is 0 Å². The van der Waals surface area contributed by atoms with Crippen LogP contribution in [0.5, 0.6) is 11.5 Å². The number of amides is 1. The number of thiophene rings is 3. The predicted octanol–water partition coefficient (Wildman–Crippen LogP) is 12.1. The first-order valence-electron chi connectivity index (χ1n) is 22.0. The number of ether oxygens (including phenoxy) is 6. The highest BCUT2D eigenvalue weighted by Gasteiger charge is 2.45. The van der Waals surface area contributed by atoms with Gasteiger partial charge in [0, 0.05) is 46.0 Å². The van der Waals surface area contributed by atoms with Crippen molar-refractivity contribution in [2.24, 2.45) is 5.92 Å². The monoisotopic (exact) mass is 863 g/mol. The van der Waals surface area contributed by atoms with E-state index in [0.717, 1.165) is 112 Å². The van der Waals surface area contributed by atoms with Crippen LogP contribution >= 0.6 is 34.0 Å². The summed E-state index contributed by atoms with van der Waals surface area (Å²) in [6.45, 7) is 25.6. The molecule has 328 valence electrons. The lowest BCUT2D eigenvalue weighted by molar-refractivity contribution is 0.00991. The van der Waals surface area contributed by atoms with Gasteiger partial charge in [0.05, 0.1) is 59.8 Å². The minimum atomic E-state index is -1.00. The zero-order valence-electron chi connectivity index (χ0n) is 37.0. The van der Waals surface area contributed by atoms with E-state index in [1.165, 1.54) is 4.88 Å². The van der Waals surface area contributed by atoms with Gasteiger partial charge in [-0.25, -0.2) is 0 Å². The zero-order valence-corrected chi connectivity index (χ0v) is 39.5. The number of hydrogen-bond donors (Lipinski definition) is 1. The highest BCUT2D eigenvalue weighted by Crippen LogP contribution is 2.56. The first kappa shape index (κ1) is 48.6. The van der Waals surface area contributed by atoms with Crippen molar-refractivity contribution in [1.82, 2.24) is 4.90 Å². The van der Waals surface area contributed by atoms with E-state index in [1.54, 1.807) is 38.9 Å². The van der Waals surface area contributed by atoms with Crippen LogP contribution in [-0.4, -0.2) is 88.5 Å². The molecule has 4 heterocycles. The molecule has 0 saturated carbocycles. The molecule has 0 bridgehead atoms. The Bertz CT molecular complexity index is 1650. The SMILES string of the molecule is CCCCOCCOCCOc1cc(-c2sc(C(C)(C)CC)c3c2C(O)N(CC(CC)CCCC)C3=O)sc1-c1sc(C(C)C)cc1OCCOCCOCCCC. The standard InChI is InChI=1S/C46H73NO8S3/c1-10-15-18-33(13-4)31-47-44(48)38-39(45(47)49)43(46(8,9)14-5)58-42(38)37-30-35(55-28-26-53-24-22-51-20-17-12-3)41(57-37)40-34(29-36(56-40)32(6)7)54-27-25-52-23-21-50-19-16-11-2/h29-30,32-33,44,48H,10-28,31H2,1-9H3. The van der Waals surface area contributed by atoms with Crippen molar-refractivity contribution in [3.8, 4) is 31.0 Å². The van der Waals surface area contributed by atoms with Crippen LogP contribution in [0.25, 0.3) is 19.5 Å². The number of rotatable bonds is 31. The van der Waals surface area contributed by atoms with Gasteiger partial charge in [-0.1, -0.05) is 94.4 Å². The Morgan fingerprint density at radius 1 is 0.707 bits per heavy atom. The topological polar surface area (TPSA) is 95.9 Å². The normalized spacial score (nSPS) is 14.9. The average Bonchev–Trinajstić information content (AvgIpc) is 3.99. The summed E-state index contributed by atoms with van der Waals surface area (Å²) in [6.07, 6.45) is 8.44. The molecule has 0 spiro atoms. The molecular formula is C46H73NO8S3. The zero-order chi connectivity index (χ0) is 42.1. The van der Waals surface area contributed by atoms with Crippen LogP contribution in [-0.2, 0) is 24.4 Å². The molecular weight excluding hydrogens is 791 g/mol. The van der Waals surface area contributed by atoms with Gasteiger partial charge < -0.3 is 38.4 Å². The number of nitrogens with zero attached hydrogens (tertiary/aromatic N) is 1. The number of unbranched alkanes of at least 4 members (excludes halogenated alkanes) is 3. The van der Waals surface area contributed by atoms with Gasteiger partial charge in [0.1, 0.15) is 24.7 Å². The van der Waals surface area contributed by atoms with Crippen molar-refractivity contribution < 1.29 is 38.3 Å². The third-order valence-corrected chi connectivity index (χ3v) is 15.3. The number of hydrogen-bond acceptors (Lipinski definition) is 11. The lowest BCUT2D eigenvalue weighted by atomic mass is 9.85. The quantitative estimate of drug-likeness (QED) is 0.0639. The Balaban J connectivity index is 1.68. The molecule has 3 aromatic rings. The summed E-state index contributed by atoms with van der Waals surface area (Å²) in [6, 6.07) is 4.25. The second-order valence-corrected chi connectivity index (χ2v) is 19.3. The molecule has 0 saturated heterocycles. The maximum Gasteiger partial charge on any atom is 0.257 e. The van der Waals surface area contributed by atoms with Gasteiger partial charge >= 0.3 is 0 Å². The molecule has 1 aliphatic rings. The molecule has 12 heteroatoms. The molecule has 3 aromatic heterocycles. The van der Waals surface area contributed by atoms with Gasteiger partial charge in [0.25, 0.3) is 5.91 Å². The molecule has 1 N–H and O–H groups in total. The molecule has 0 aliphatic carbocycles. The van der Waals surface area contributed by atoms with Crippen molar-refractivity contribution in [1.29, 1.82) is 0 Å². The molecule has 2 unspecified atom stereocenters. The van der Waals surface area contributed by atoms with Crippen molar-refractivity contribution >= 4 is 39.9 Å². The van der Waals surface area contributed by atoms with E-state index in [0.29, 0.717) is 76.8 Å².